The molecular formula is C19H18N2O3S2. The summed E-state index contributed by atoms with van der Waals surface area (Å²) in [6.45, 7) is 0.201. The summed E-state index contributed by atoms with van der Waals surface area (Å²) in [6, 6.07) is 13.7. The monoisotopic (exact) mass is 386 g/mol. The molecule has 1 N–H and O–H groups in total. The molecule has 26 heavy (non-hydrogen) atoms. The predicted molar refractivity (Wildman–Crippen MR) is 100 cm³/mol. The number of hydrogen-bond donors (Lipinski definition) is 1. The molecular weight excluding hydrogens is 368 g/mol. The van der Waals surface area contributed by atoms with Gasteiger partial charge in [0.05, 0.1) is 17.0 Å². The minimum atomic E-state index is -3.71. The van der Waals surface area contributed by atoms with Gasteiger partial charge in [0.15, 0.2) is 0 Å². The Morgan fingerprint density at radius 3 is 2.58 bits per heavy atom. The number of rotatable bonds is 4. The lowest BCUT2D eigenvalue weighted by Gasteiger charge is -2.39. The first kappa shape index (κ1) is 17.4. The van der Waals surface area contributed by atoms with E-state index in [4.69, 9.17) is 0 Å². The predicted octanol–water partition coefficient (Wildman–Crippen LogP) is 2.99. The molecule has 7 heteroatoms. The van der Waals surface area contributed by atoms with Crippen LogP contribution in [0.4, 0.5) is 0 Å². The summed E-state index contributed by atoms with van der Waals surface area (Å²) < 4.78 is 28.0. The van der Waals surface area contributed by atoms with E-state index in [0.29, 0.717) is 12.0 Å². The van der Waals surface area contributed by atoms with Gasteiger partial charge in [-0.2, -0.15) is 4.31 Å². The Balaban J connectivity index is 1.80. The standard InChI is InChI=1S/C19H18N2O3S2/c22-19-16-5-1-2-6-18(16)26(23,24)21(13-14-7-9-20-10-8-14)17(19)12-15-4-3-11-25-15/h1-11,17,19,22H,12-13H2/t17-,19-/m0/s1. The van der Waals surface area contributed by atoms with Crippen LogP contribution in [0.25, 0.3) is 0 Å². The number of pyridine rings is 1. The van der Waals surface area contributed by atoms with Gasteiger partial charge in [0.25, 0.3) is 0 Å². The zero-order chi connectivity index (χ0) is 18.1. The van der Waals surface area contributed by atoms with Gasteiger partial charge in [0, 0.05) is 35.8 Å². The molecule has 5 nitrogen and oxygen atoms in total. The van der Waals surface area contributed by atoms with Gasteiger partial charge in [-0.05, 0) is 35.2 Å². The van der Waals surface area contributed by atoms with Crippen LogP contribution in [0.2, 0.25) is 0 Å². The SMILES string of the molecule is O=S1(=O)c2ccccc2[C@H](O)[C@H](Cc2cccs2)N1Cc1ccncc1. The second-order valence-corrected chi connectivity index (χ2v) is 9.13. The lowest BCUT2D eigenvalue weighted by Crippen LogP contribution is -2.48. The van der Waals surface area contributed by atoms with Crippen molar-refractivity contribution in [1.82, 2.24) is 9.29 Å². The molecule has 2 aromatic heterocycles. The van der Waals surface area contributed by atoms with Crippen LogP contribution in [0.3, 0.4) is 0 Å². The average molecular weight is 386 g/mol. The van der Waals surface area contributed by atoms with Gasteiger partial charge in [-0.25, -0.2) is 8.42 Å². The van der Waals surface area contributed by atoms with Crippen LogP contribution < -0.4 is 0 Å². The van der Waals surface area contributed by atoms with Crippen LogP contribution in [0, 0.1) is 0 Å². The third-order valence-electron chi connectivity index (χ3n) is 4.64. The van der Waals surface area contributed by atoms with E-state index in [1.165, 1.54) is 4.31 Å². The molecule has 134 valence electrons. The number of thiophene rings is 1. The topological polar surface area (TPSA) is 70.5 Å². The van der Waals surface area contributed by atoms with Gasteiger partial charge in [-0.3, -0.25) is 4.98 Å². The number of aliphatic hydroxyl groups is 1. The zero-order valence-electron chi connectivity index (χ0n) is 13.9. The first-order valence-electron chi connectivity index (χ1n) is 8.27. The number of aromatic nitrogens is 1. The van der Waals surface area contributed by atoms with Crippen LogP contribution in [0.5, 0.6) is 0 Å². The fourth-order valence-electron chi connectivity index (χ4n) is 3.35. The molecule has 3 aromatic rings. The van der Waals surface area contributed by atoms with Crippen LogP contribution >= 0.6 is 11.3 Å². The van der Waals surface area contributed by atoms with E-state index in [0.717, 1.165) is 10.4 Å². The van der Waals surface area contributed by atoms with Crippen LogP contribution in [-0.2, 0) is 23.0 Å². The van der Waals surface area contributed by atoms with E-state index >= 15 is 0 Å². The maximum Gasteiger partial charge on any atom is 0.244 e. The van der Waals surface area contributed by atoms with Gasteiger partial charge in [0.1, 0.15) is 0 Å². The Bertz CT molecular complexity index is 989. The Kier molecular flexibility index (Phi) is 4.62. The summed E-state index contributed by atoms with van der Waals surface area (Å²) in [4.78, 5) is 5.22. The third-order valence-corrected chi connectivity index (χ3v) is 7.48. The number of aliphatic hydroxyl groups excluding tert-OH is 1. The molecule has 0 spiro atoms. The molecule has 0 saturated carbocycles. The highest BCUT2D eigenvalue weighted by atomic mass is 32.2. The molecule has 0 bridgehead atoms. The van der Waals surface area contributed by atoms with Crippen molar-refractivity contribution in [1.29, 1.82) is 0 Å². The number of fused-ring (bicyclic) bond motifs is 1. The van der Waals surface area contributed by atoms with Gasteiger partial charge in [-0.1, -0.05) is 24.3 Å². The van der Waals surface area contributed by atoms with E-state index in [-0.39, 0.29) is 11.4 Å². The fraction of sp³-hybridized carbons (Fsp3) is 0.211. The Hall–Kier alpha value is -2.06. The smallest absolute Gasteiger partial charge is 0.244 e. The largest absolute Gasteiger partial charge is 0.387 e. The van der Waals surface area contributed by atoms with E-state index in [9.17, 15) is 13.5 Å². The number of hydrogen-bond acceptors (Lipinski definition) is 5. The molecule has 0 radical (unpaired) electrons. The van der Waals surface area contributed by atoms with Crippen LogP contribution in [-0.4, -0.2) is 28.9 Å². The van der Waals surface area contributed by atoms with Crippen molar-refractivity contribution in [2.45, 2.75) is 30.0 Å². The van der Waals surface area contributed by atoms with E-state index in [1.54, 1.807) is 60.1 Å². The highest BCUT2D eigenvalue weighted by molar-refractivity contribution is 7.89. The quantitative estimate of drug-likeness (QED) is 0.748. The first-order chi connectivity index (χ1) is 12.6. The molecule has 1 aliphatic rings. The summed E-state index contributed by atoms with van der Waals surface area (Å²) in [5, 5.41) is 12.9. The summed E-state index contributed by atoms with van der Waals surface area (Å²) >= 11 is 1.57. The number of benzene rings is 1. The summed E-state index contributed by atoms with van der Waals surface area (Å²) in [6.07, 6.45) is 2.88. The van der Waals surface area contributed by atoms with Crippen molar-refractivity contribution in [3.63, 3.8) is 0 Å². The second-order valence-electron chi connectivity index (χ2n) is 6.24. The molecule has 0 amide bonds. The Labute approximate surface area is 156 Å². The maximum atomic E-state index is 13.3. The minimum Gasteiger partial charge on any atom is -0.387 e. The molecule has 0 aliphatic carbocycles. The molecule has 0 fully saturated rings. The molecule has 0 saturated heterocycles. The normalized spacial score (nSPS) is 22.0. The van der Waals surface area contributed by atoms with Gasteiger partial charge >= 0.3 is 0 Å². The van der Waals surface area contributed by atoms with Crippen molar-refractivity contribution in [2.75, 3.05) is 0 Å². The summed E-state index contributed by atoms with van der Waals surface area (Å²) in [5.74, 6) is 0. The maximum absolute atomic E-state index is 13.3. The van der Waals surface area contributed by atoms with Gasteiger partial charge in [0.2, 0.25) is 10.0 Å². The third kappa shape index (κ3) is 3.07. The number of sulfonamides is 1. The van der Waals surface area contributed by atoms with E-state index in [1.807, 2.05) is 17.5 Å². The van der Waals surface area contributed by atoms with Crippen molar-refractivity contribution in [3.05, 3.63) is 82.3 Å². The lowest BCUT2D eigenvalue weighted by molar-refractivity contribution is 0.0773. The fourth-order valence-corrected chi connectivity index (χ4v) is 5.96. The molecule has 3 heterocycles. The van der Waals surface area contributed by atoms with Crippen molar-refractivity contribution < 1.29 is 13.5 Å². The molecule has 4 rings (SSSR count). The highest BCUT2D eigenvalue weighted by Crippen LogP contribution is 2.39. The van der Waals surface area contributed by atoms with E-state index < -0.39 is 22.2 Å². The Morgan fingerprint density at radius 1 is 1.08 bits per heavy atom. The van der Waals surface area contributed by atoms with Gasteiger partial charge < -0.3 is 5.11 Å². The summed E-state index contributed by atoms with van der Waals surface area (Å²) in [5.41, 5.74) is 1.31. The van der Waals surface area contributed by atoms with Gasteiger partial charge in [-0.15, -0.1) is 11.3 Å². The molecule has 1 aliphatic heterocycles. The van der Waals surface area contributed by atoms with Crippen molar-refractivity contribution in [2.24, 2.45) is 0 Å². The Morgan fingerprint density at radius 2 is 1.85 bits per heavy atom. The average Bonchev–Trinajstić information content (AvgIpc) is 3.17. The second kappa shape index (κ2) is 6.92. The minimum absolute atomic E-state index is 0.184. The summed E-state index contributed by atoms with van der Waals surface area (Å²) in [7, 11) is -3.71. The lowest BCUT2D eigenvalue weighted by atomic mass is 9.98. The van der Waals surface area contributed by atoms with Crippen molar-refractivity contribution in [3.8, 4) is 0 Å². The van der Waals surface area contributed by atoms with Crippen LogP contribution in [0.1, 0.15) is 22.1 Å². The highest BCUT2D eigenvalue weighted by Gasteiger charge is 2.43. The first-order valence-corrected chi connectivity index (χ1v) is 10.6. The zero-order valence-corrected chi connectivity index (χ0v) is 15.5. The molecule has 0 unspecified atom stereocenters. The van der Waals surface area contributed by atoms with Crippen LogP contribution in [0.15, 0.2) is 71.2 Å². The molecule has 2 atom stereocenters. The van der Waals surface area contributed by atoms with Crippen molar-refractivity contribution >= 4 is 21.4 Å². The number of nitrogens with zero attached hydrogens (tertiary/aromatic N) is 2. The van der Waals surface area contributed by atoms with E-state index in [2.05, 4.69) is 4.98 Å². The molecule has 1 aromatic carbocycles.